The Labute approximate surface area is 160 Å². The van der Waals surface area contributed by atoms with Crippen LogP contribution in [0, 0.1) is 6.92 Å². The van der Waals surface area contributed by atoms with E-state index in [9.17, 15) is 0 Å². The number of thiophene rings is 1. The van der Waals surface area contributed by atoms with Crippen molar-refractivity contribution in [2.24, 2.45) is 0 Å². The molecular formula is C19H19N7S. The van der Waals surface area contributed by atoms with Crippen molar-refractivity contribution in [3.8, 4) is 10.6 Å². The van der Waals surface area contributed by atoms with Gasteiger partial charge in [0.05, 0.1) is 10.6 Å². The van der Waals surface area contributed by atoms with Crippen molar-refractivity contribution in [2.45, 2.75) is 6.92 Å². The molecule has 5 heterocycles. The molecule has 4 aromatic rings. The maximum Gasteiger partial charge on any atom is 0.154 e. The molecular weight excluding hydrogens is 358 g/mol. The Morgan fingerprint density at radius 1 is 1.00 bits per heavy atom. The minimum atomic E-state index is 0.892. The van der Waals surface area contributed by atoms with Crippen LogP contribution in [0.2, 0.25) is 0 Å². The van der Waals surface area contributed by atoms with E-state index in [1.165, 1.54) is 0 Å². The fourth-order valence-electron chi connectivity index (χ4n) is 3.47. The van der Waals surface area contributed by atoms with E-state index < -0.39 is 0 Å². The van der Waals surface area contributed by atoms with Gasteiger partial charge >= 0.3 is 0 Å². The van der Waals surface area contributed by atoms with Crippen molar-refractivity contribution >= 4 is 28.5 Å². The third-order valence-electron chi connectivity index (χ3n) is 4.82. The van der Waals surface area contributed by atoms with Gasteiger partial charge in [0.15, 0.2) is 11.6 Å². The van der Waals surface area contributed by atoms with Crippen LogP contribution in [-0.2, 0) is 0 Å². The van der Waals surface area contributed by atoms with Crippen LogP contribution in [0.5, 0.6) is 0 Å². The standard InChI is InChI=1S/C19H19N7S/c1-14-13-16-19(20-6-7-26(16)23-14)25-10-8-24(9-11-25)18-5-4-15(21-22-18)17-3-2-12-27-17/h2-7,12-13H,8-11H2,1H3. The average Bonchev–Trinajstić information content (AvgIpc) is 3.37. The van der Waals surface area contributed by atoms with Crippen LogP contribution in [0.15, 0.2) is 48.1 Å². The monoisotopic (exact) mass is 377 g/mol. The maximum atomic E-state index is 4.60. The summed E-state index contributed by atoms with van der Waals surface area (Å²) in [5.74, 6) is 1.93. The van der Waals surface area contributed by atoms with Crippen LogP contribution in [0.25, 0.3) is 16.1 Å². The number of nitrogens with zero attached hydrogens (tertiary/aromatic N) is 7. The van der Waals surface area contributed by atoms with Crippen molar-refractivity contribution in [3.05, 3.63) is 53.8 Å². The van der Waals surface area contributed by atoms with Gasteiger partial charge in [-0.15, -0.1) is 21.5 Å². The Balaban J connectivity index is 1.31. The van der Waals surface area contributed by atoms with Gasteiger partial charge in [0.25, 0.3) is 0 Å². The fourth-order valence-corrected chi connectivity index (χ4v) is 4.16. The lowest BCUT2D eigenvalue weighted by atomic mass is 10.2. The van der Waals surface area contributed by atoms with Gasteiger partial charge < -0.3 is 9.80 Å². The minimum Gasteiger partial charge on any atom is -0.352 e. The molecule has 0 N–H and O–H groups in total. The zero-order valence-electron chi connectivity index (χ0n) is 15.0. The number of piperazine rings is 1. The number of aromatic nitrogens is 5. The molecule has 7 nitrogen and oxygen atoms in total. The smallest absolute Gasteiger partial charge is 0.154 e. The summed E-state index contributed by atoms with van der Waals surface area (Å²) in [5.41, 5.74) is 2.99. The third-order valence-corrected chi connectivity index (χ3v) is 5.71. The first-order chi connectivity index (χ1) is 13.3. The molecule has 0 aromatic carbocycles. The van der Waals surface area contributed by atoms with Crippen molar-refractivity contribution in [1.82, 2.24) is 24.8 Å². The molecule has 1 saturated heterocycles. The molecule has 27 heavy (non-hydrogen) atoms. The summed E-state index contributed by atoms with van der Waals surface area (Å²) in [4.78, 5) is 10.3. The van der Waals surface area contributed by atoms with E-state index in [4.69, 9.17) is 0 Å². The van der Waals surface area contributed by atoms with Crippen LogP contribution in [0.4, 0.5) is 11.6 Å². The molecule has 1 fully saturated rings. The Bertz CT molecular complexity index is 1050. The van der Waals surface area contributed by atoms with E-state index in [0.717, 1.165) is 59.6 Å². The number of aryl methyl sites for hydroxylation is 1. The first-order valence-electron chi connectivity index (χ1n) is 8.96. The summed E-state index contributed by atoms with van der Waals surface area (Å²) >= 11 is 1.68. The van der Waals surface area contributed by atoms with Crippen molar-refractivity contribution < 1.29 is 0 Å². The van der Waals surface area contributed by atoms with E-state index in [1.54, 1.807) is 11.3 Å². The molecule has 0 unspecified atom stereocenters. The molecule has 5 rings (SSSR count). The lowest BCUT2D eigenvalue weighted by Gasteiger charge is -2.35. The predicted molar refractivity (Wildman–Crippen MR) is 107 cm³/mol. The molecule has 0 spiro atoms. The van der Waals surface area contributed by atoms with Gasteiger partial charge in [-0.1, -0.05) is 6.07 Å². The second kappa shape index (κ2) is 6.62. The number of hydrogen-bond acceptors (Lipinski definition) is 7. The summed E-state index contributed by atoms with van der Waals surface area (Å²) in [6.07, 6.45) is 3.71. The molecule has 8 heteroatoms. The zero-order valence-corrected chi connectivity index (χ0v) is 15.8. The molecule has 0 amide bonds. The molecule has 136 valence electrons. The summed E-state index contributed by atoms with van der Waals surface area (Å²) in [6, 6.07) is 10.3. The molecule has 1 aliphatic heterocycles. The third kappa shape index (κ3) is 3.02. The topological polar surface area (TPSA) is 62.5 Å². The van der Waals surface area contributed by atoms with Crippen molar-refractivity contribution in [1.29, 1.82) is 0 Å². The quantitative estimate of drug-likeness (QED) is 0.547. The lowest BCUT2D eigenvalue weighted by Crippen LogP contribution is -2.47. The van der Waals surface area contributed by atoms with Gasteiger partial charge in [-0.05, 0) is 36.6 Å². The molecule has 1 aliphatic rings. The lowest BCUT2D eigenvalue weighted by molar-refractivity contribution is 0.638. The van der Waals surface area contributed by atoms with Gasteiger partial charge in [0, 0.05) is 38.6 Å². The van der Waals surface area contributed by atoms with Crippen LogP contribution in [-0.4, -0.2) is 51.0 Å². The normalized spacial score (nSPS) is 14.9. The highest BCUT2D eigenvalue weighted by molar-refractivity contribution is 7.13. The van der Waals surface area contributed by atoms with Gasteiger partial charge in [0.2, 0.25) is 0 Å². The van der Waals surface area contributed by atoms with Crippen LogP contribution in [0.3, 0.4) is 0 Å². The summed E-state index contributed by atoms with van der Waals surface area (Å²) in [5, 5.41) is 15.4. The van der Waals surface area contributed by atoms with E-state index >= 15 is 0 Å². The molecule has 0 bridgehead atoms. The van der Waals surface area contributed by atoms with Gasteiger partial charge in [-0.2, -0.15) is 5.10 Å². The van der Waals surface area contributed by atoms with Crippen molar-refractivity contribution in [3.63, 3.8) is 0 Å². The van der Waals surface area contributed by atoms with Crippen LogP contribution < -0.4 is 9.80 Å². The molecule has 0 atom stereocenters. The van der Waals surface area contributed by atoms with Crippen LogP contribution >= 0.6 is 11.3 Å². The molecule has 0 saturated carbocycles. The Morgan fingerprint density at radius 2 is 1.85 bits per heavy atom. The second-order valence-electron chi connectivity index (χ2n) is 6.59. The number of anilines is 2. The molecule has 0 radical (unpaired) electrons. The molecule has 4 aromatic heterocycles. The zero-order chi connectivity index (χ0) is 18.2. The fraction of sp³-hybridized carbons (Fsp3) is 0.263. The second-order valence-corrected chi connectivity index (χ2v) is 7.54. The summed E-state index contributed by atoms with van der Waals surface area (Å²) in [6.45, 7) is 5.58. The SMILES string of the molecule is Cc1cc2c(N3CCN(c4ccc(-c5cccs5)nn4)CC3)nccn2n1. The largest absolute Gasteiger partial charge is 0.352 e. The number of hydrogen-bond donors (Lipinski definition) is 0. The molecule has 0 aliphatic carbocycles. The first-order valence-corrected chi connectivity index (χ1v) is 9.84. The Morgan fingerprint density at radius 3 is 2.59 bits per heavy atom. The Hall–Kier alpha value is -3.00. The minimum absolute atomic E-state index is 0.892. The highest BCUT2D eigenvalue weighted by atomic mass is 32.1. The van der Waals surface area contributed by atoms with E-state index in [0.29, 0.717) is 0 Å². The first kappa shape index (κ1) is 16.2. The van der Waals surface area contributed by atoms with Gasteiger partial charge in [-0.25, -0.2) is 9.50 Å². The average molecular weight is 377 g/mol. The van der Waals surface area contributed by atoms with Gasteiger partial charge in [0.1, 0.15) is 11.2 Å². The predicted octanol–water partition coefficient (Wildman–Crippen LogP) is 2.88. The number of rotatable bonds is 3. The summed E-state index contributed by atoms with van der Waals surface area (Å²) < 4.78 is 1.90. The highest BCUT2D eigenvalue weighted by Crippen LogP contribution is 2.25. The highest BCUT2D eigenvalue weighted by Gasteiger charge is 2.21. The maximum absolute atomic E-state index is 4.60. The van der Waals surface area contributed by atoms with Gasteiger partial charge in [-0.3, -0.25) is 0 Å². The van der Waals surface area contributed by atoms with Crippen molar-refractivity contribution in [2.75, 3.05) is 36.0 Å². The summed E-state index contributed by atoms with van der Waals surface area (Å²) in [7, 11) is 0. The van der Waals surface area contributed by atoms with E-state index in [1.807, 2.05) is 29.9 Å². The Kier molecular flexibility index (Phi) is 3.97. The van der Waals surface area contributed by atoms with Crippen LogP contribution in [0.1, 0.15) is 5.69 Å². The van der Waals surface area contributed by atoms with E-state index in [-0.39, 0.29) is 0 Å². The number of fused-ring (bicyclic) bond motifs is 1. The van der Waals surface area contributed by atoms with E-state index in [2.05, 4.69) is 59.7 Å².